The van der Waals surface area contributed by atoms with Crippen molar-refractivity contribution in [2.75, 3.05) is 13.2 Å². The Bertz CT molecular complexity index is 216. The fourth-order valence-corrected chi connectivity index (χ4v) is 1.98. The van der Waals surface area contributed by atoms with Crippen LogP contribution in [0.3, 0.4) is 0 Å². The van der Waals surface area contributed by atoms with Gasteiger partial charge in [-0.2, -0.15) is 5.26 Å². The van der Waals surface area contributed by atoms with Gasteiger partial charge in [0, 0.05) is 13.2 Å². The molecule has 80 valence electrons. The maximum atomic E-state index is 10.1. The molecule has 1 rings (SSSR count). The van der Waals surface area contributed by atoms with Gasteiger partial charge in [-0.3, -0.25) is 0 Å². The fraction of sp³-hybridized carbons (Fsp3) is 0.909. The van der Waals surface area contributed by atoms with E-state index in [0.29, 0.717) is 26.1 Å². The molecule has 2 unspecified atom stereocenters. The molecule has 0 amide bonds. The second kappa shape index (κ2) is 4.77. The number of ether oxygens (including phenoxy) is 1. The molecule has 1 saturated heterocycles. The Labute approximate surface area is 85.7 Å². The maximum Gasteiger partial charge on any atom is 0.0878 e. The normalized spacial score (nSPS) is 25.0. The van der Waals surface area contributed by atoms with Crippen LogP contribution in [-0.2, 0) is 4.74 Å². The standard InChI is InChI=1S/C11H19NO2/c1-3-9(2)10(13)11(8-12)4-6-14-7-5-11/h9-10,13H,3-7H2,1-2H3. The number of rotatable bonds is 3. The molecule has 1 heterocycles. The van der Waals surface area contributed by atoms with Crippen LogP contribution < -0.4 is 0 Å². The Balaban J connectivity index is 2.73. The van der Waals surface area contributed by atoms with Crippen molar-refractivity contribution in [2.24, 2.45) is 11.3 Å². The monoisotopic (exact) mass is 197 g/mol. The topological polar surface area (TPSA) is 53.2 Å². The van der Waals surface area contributed by atoms with E-state index in [1.54, 1.807) is 0 Å². The van der Waals surface area contributed by atoms with Crippen LogP contribution in [0.15, 0.2) is 0 Å². The summed E-state index contributed by atoms with van der Waals surface area (Å²) in [5.74, 6) is 0.188. The third-order valence-corrected chi connectivity index (χ3v) is 3.36. The van der Waals surface area contributed by atoms with E-state index in [-0.39, 0.29) is 5.92 Å². The second-order valence-electron chi connectivity index (χ2n) is 4.21. The van der Waals surface area contributed by atoms with E-state index in [0.717, 1.165) is 6.42 Å². The molecule has 0 spiro atoms. The third kappa shape index (κ3) is 2.08. The molecule has 2 atom stereocenters. The summed E-state index contributed by atoms with van der Waals surface area (Å²) in [6.07, 6.45) is 1.72. The van der Waals surface area contributed by atoms with Gasteiger partial charge >= 0.3 is 0 Å². The minimum absolute atomic E-state index is 0.188. The third-order valence-electron chi connectivity index (χ3n) is 3.36. The van der Waals surface area contributed by atoms with Crippen molar-refractivity contribution in [1.29, 1.82) is 5.26 Å². The van der Waals surface area contributed by atoms with Gasteiger partial charge in [0.2, 0.25) is 0 Å². The van der Waals surface area contributed by atoms with Crippen molar-refractivity contribution >= 4 is 0 Å². The van der Waals surface area contributed by atoms with E-state index in [9.17, 15) is 10.4 Å². The summed E-state index contributed by atoms with van der Waals surface area (Å²) in [5.41, 5.74) is -0.562. The van der Waals surface area contributed by atoms with E-state index in [2.05, 4.69) is 6.07 Å². The lowest BCUT2D eigenvalue weighted by Crippen LogP contribution is -2.42. The number of aliphatic hydroxyl groups excluding tert-OH is 1. The SMILES string of the molecule is CCC(C)C(O)C1(C#N)CCOCC1. The van der Waals surface area contributed by atoms with Crippen molar-refractivity contribution in [3.8, 4) is 6.07 Å². The summed E-state index contributed by atoms with van der Waals surface area (Å²) < 4.78 is 5.23. The molecule has 0 radical (unpaired) electrons. The molecule has 0 aromatic carbocycles. The molecular formula is C11H19NO2. The first kappa shape index (κ1) is 11.5. The Hall–Kier alpha value is -0.590. The summed E-state index contributed by atoms with van der Waals surface area (Å²) in [7, 11) is 0. The molecule has 14 heavy (non-hydrogen) atoms. The lowest BCUT2D eigenvalue weighted by atomic mass is 9.72. The molecule has 3 nitrogen and oxygen atoms in total. The average Bonchev–Trinajstić information content (AvgIpc) is 2.28. The second-order valence-corrected chi connectivity index (χ2v) is 4.21. The van der Waals surface area contributed by atoms with Gasteiger partial charge in [0.1, 0.15) is 0 Å². The zero-order valence-electron chi connectivity index (χ0n) is 8.99. The van der Waals surface area contributed by atoms with Crippen molar-refractivity contribution in [3.63, 3.8) is 0 Å². The highest BCUT2D eigenvalue weighted by Gasteiger charge is 2.41. The van der Waals surface area contributed by atoms with Gasteiger partial charge in [-0.05, 0) is 18.8 Å². The molecule has 1 fully saturated rings. The smallest absolute Gasteiger partial charge is 0.0878 e. The predicted molar refractivity (Wildman–Crippen MR) is 53.6 cm³/mol. The number of nitrogens with zero attached hydrogens (tertiary/aromatic N) is 1. The van der Waals surface area contributed by atoms with Gasteiger partial charge in [0.15, 0.2) is 0 Å². The van der Waals surface area contributed by atoms with Crippen LogP contribution in [0.2, 0.25) is 0 Å². The van der Waals surface area contributed by atoms with E-state index in [1.807, 2.05) is 13.8 Å². The van der Waals surface area contributed by atoms with Crippen LogP contribution in [0.1, 0.15) is 33.1 Å². The Morgan fingerprint density at radius 2 is 2.07 bits per heavy atom. The maximum absolute atomic E-state index is 10.1. The number of hydrogen-bond donors (Lipinski definition) is 1. The van der Waals surface area contributed by atoms with Gasteiger partial charge in [0.05, 0.1) is 17.6 Å². The molecule has 0 aromatic heterocycles. The summed E-state index contributed by atoms with van der Waals surface area (Å²) in [6, 6.07) is 2.30. The van der Waals surface area contributed by atoms with Gasteiger partial charge in [-0.25, -0.2) is 0 Å². The molecule has 0 saturated carbocycles. The first-order valence-electron chi connectivity index (χ1n) is 5.33. The van der Waals surface area contributed by atoms with Crippen LogP contribution in [0.25, 0.3) is 0 Å². The zero-order valence-corrected chi connectivity index (χ0v) is 8.99. The Morgan fingerprint density at radius 3 is 2.50 bits per heavy atom. The molecular weight excluding hydrogens is 178 g/mol. The lowest BCUT2D eigenvalue weighted by Gasteiger charge is -2.37. The fourth-order valence-electron chi connectivity index (χ4n) is 1.98. The average molecular weight is 197 g/mol. The largest absolute Gasteiger partial charge is 0.391 e. The van der Waals surface area contributed by atoms with Crippen LogP contribution in [-0.4, -0.2) is 24.4 Å². The van der Waals surface area contributed by atoms with Gasteiger partial charge in [0.25, 0.3) is 0 Å². The Kier molecular flexibility index (Phi) is 3.91. The molecule has 0 aromatic rings. The summed E-state index contributed by atoms with van der Waals surface area (Å²) in [4.78, 5) is 0. The highest BCUT2D eigenvalue weighted by molar-refractivity contribution is 5.05. The minimum atomic E-state index is -0.562. The van der Waals surface area contributed by atoms with Crippen LogP contribution in [0, 0.1) is 22.7 Å². The molecule has 3 heteroatoms. The molecule has 0 aliphatic carbocycles. The van der Waals surface area contributed by atoms with Crippen LogP contribution in [0.5, 0.6) is 0 Å². The summed E-state index contributed by atoms with van der Waals surface area (Å²) in [6.45, 7) is 5.24. The van der Waals surface area contributed by atoms with Gasteiger partial charge in [-0.15, -0.1) is 0 Å². The van der Waals surface area contributed by atoms with Gasteiger partial charge < -0.3 is 9.84 Å². The van der Waals surface area contributed by atoms with E-state index < -0.39 is 11.5 Å². The molecule has 0 bridgehead atoms. The van der Waals surface area contributed by atoms with Crippen molar-refractivity contribution < 1.29 is 9.84 Å². The minimum Gasteiger partial charge on any atom is -0.391 e. The number of nitriles is 1. The van der Waals surface area contributed by atoms with Crippen molar-refractivity contribution in [2.45, 2.75) is 39.2 Å². The first-order valence-corrected chi connectivity index (χ1v) is 5.33. The molecule has 1 aliphatic rings. The lowest BCUT2D eigenvalue weighted by molar-refractivity contribution is -0.0517. The molecule has 1 aliphatic heterocycles. The van der Waals surface area contributed by atoms with Crippen LogP contribution >= 0.6 is 0 Å². The van der Waals surface area contributed by atoms with E-state index in [4.69, 9.17) is 4.74 Å². The highest BCUT2D eigenvalue weighted by atomic mass is 16.5. The van der Waals surface area contributed by atoms with E-state index in [1.165, 1.54) is 0 Å². The predicted octanol–water partition coefficient (Wildman–Crippen LogP) is 1.71. The molecule has 1 N–H and O–H groups in total. The Morgan fingerprint density at radius 1 is 1.50 bits per heavy atom. The van der Waals surface area contributed by atoms with Crippen LogP contribution in [0.4, 0.5) is 0 Å². The quantitative estimate of drug-likeness (QED) is 0.749. The zero-order chi connectivity index (χ0) is 10.6. The van der Waals surface area contributed by atoms with Gasteiger partial charge in [-0.1, -0.05) is 20.3 Å². The number of aliphatic hydroxyl groups is 1. The number of hydrogen-bond acceptors (Lipinski definition) is 3. The highest BCUT2D eigenvalue weighted by Crippen LogP contribution is 2.37. The van der Waals surface area contributed by atoms with Crippen molar-refractivity contribution in [1.82, 2.24) is 0 Å². The summed E-state index contributed by atoms with van der Waals surface area (Å²) >= 11 is 0. The first-order chi connectivity index (χ1) is 6.66. The van der Waals surface area contributed by atoms with E-state index >= 15 is 0 Å². The summed E-state index contributed by atoms with van der Waals surface area (Å²) in [5, 5.41) is 19.3. The van der Waals surface area contributed by atoms with Crippen molar-refractivity contribution in [3.05, 3.63) is 0 Å².